The first kappa shape index (κ1) is 23.6. The van der Waals surface area contributed by atoms with E-state index >= 15 is 0 Å². The molecule has 184 valence electrons. The highest BCUT2D eigenvalue weighted by Crippen LogP contribution is 2.43. The van der Waals surface area contributed by atoms with Gasteiger partial charge in [0.05, 0.1) is 28.5 Å². The Bertz CT molecular complexity index is 1260. The summed E-state index contributed by atoms with van der Waals surface area (Å²) in [7, 11) is 0. The van der Waals surface area contributed by atoms with Gasteiger partial charge in [-0.25, -0.2) is 8.78 Å². The van der Waals surface area contributed by atoms with Crippen LogP contribution in [0.25, 0.3) is 10.9 Å². The van der Waals surface area contributed by atoms with E-state index in [1.54, 1.807) is 13.1 Å². The minimum absolute atomic E-state index is 0.248. The van der Waals surface area contributed by atoms with Crippen LogP contribution in [0.1, 0.15) is 72.9 Å². The topological polar surface area (TPSA) is 70.2 Å². The molecule has 2 aliphatic rings. The molecule has 6 nitrogen and oxygen atoms in total. The van der Waals surface area contributed by atoms with Crippen LogP contribution >= 0.6 is 0 Å². The van der Waals surface area contributed by atoms with Crippen molar-refractivity contribution >= 4 is 22.5 Å². The van der Waals surface area contributed by atoms with Gasteiger partial charge in [-0.15, -0.1) is 0 Å². The number of hydrogen-bond donors (Lipinski definition) is 2. The van der Waals surface area contributed by atoms with E-state index in [9.17, 15) is 13.6 Å². The maximum absolute atomic E-state index is 13.8. The number of aromatic nitrogens is 2. The van der Waals surface area contributed by atoms with E-state index in [-0.39, 0.29) is 18.0 Å². The van der Waals surface area contributed by atoms with Gasteiger partial charge in [0.2, 0.25) is 0 Å². The summed E-state index contributed by atoms with van der Waals surface area (Å²) in [6, 6.07) is 5.23. The summed E-state index contributed by atoms with van der Waals surface area (Å²) in [5.74, 6) is -1.25. The first-order valence-electron chi connectivity index (χ1n) is 12.3. The summed E-state index contributed by atoms with van der Waals surface area (Å²) in [5.41, 5.74) is 4.43. The summed E-state index contributed by atoms with van der Waals surface area (Å²) in [6.07, 6.45) is 3.84. The van der Waals surface area contributed by atoms with Crippen molar-refractivity contribution in [2.45, 2.75) is 64.6 Å². The van der Waals surface area contributed by atoms with Gasteiger partial charge in [0.15, 0.2) is 0 Å². The smallest absolute Gasteiger partial charge is 0.255 e. The van der Waals surface area contributed by atoms with Gasteiger partial charge in [-0.05, 0) is 64.3 Å². The largest absolute Gasteiger partial charge is 0.367 e. The zero-order valence-electron chi connectivity index (χ0n) is 20.5. The van der Waals surface area contributed by atoms with Crippen LogP contribution in [0.2, 0.25) is 0 Å². The molecule has 35 heavy (non-hydrogen) atoms. The van der Waals surface area contributed by atoms with Crippen molar-refractivity contribution < 1.29 is 13.6 Å². The number of benzene rings is 1. The first-order chi connectivity index (χ1) is 16.7. The van der Waals surface area contributed by atoms with E-state index in [1.807, 2.05) is 13.0 Å². The molecule has 0 bridgehead atoms. The summed E-state index contributed by atoms with van der Waals surface area (Å²) in [4.78, 5) is 25.4. The number of anilines is 1. The van der Waals surface area contributed by atoms with Crippen LogP contribution in [0.5, 0.6) is 0 Å². The zero-order valence-corrected chi connectivity index (χ0v) is 20.5. The quantitative estimate of drug-likeness (QED) is 0.552. The maximum atomic E-state index is 13.8. The fourth-order valence-corrected chi connectivity index (χ4v) is 5.18. The molecule has 1 saturated heterocycles. The highest BCUT2D eigenvalue weighted by Gasteiger charge is 2.32. The SMILES string of the molecule is Cc1cc2c(N3C[C@@H](C)N[C@@H](C)C3)c(C(=O)N[C@@H](C)c3cc(F)cc(F)c3)cnc2c(C2CC2)n1. The van der Waals surface area contributed by atoms with Crippen molar-refractivity contribution in [3.8, 4) is 0 Å². The molecule has 5 rings (SSSR count). The van der Waals surface area contributed by atoms with Crippen LogP contribution < -0.4 is 15.5 Å². The van der Waals surface area contributed by atoms with Gasteiger partial charge in [0.1, 0.15) is 11.6 Å². The van der Waals surface area contributed by atoms with E-state index in [0.29, 0.717) is 17.0 Å². The Morgan fingerprint density at radius 2 is 1.77 bits per heavy atom. The Morgan fingerprint density at radius 1 is 1.11 bits per heavy atom. The Morgan fingerprint density at radius 3 is 2.40 bits per heavy atom. The summed E-state index contributed by atoms with van der Waals surface area (Å²) in [5, 5.41) is 7.41. The molecule has 0 unspecified atom stereocenters. The molecule has 1 aromatic carbocycles. The average molecular weight is 480 g/mol. The van der Waals surface area contributed by atoms with Crippen molar-refractivity contribution in [3.05, 3.63) is 64.6 Å². The number of nitrogens with zero attached hydrogens (tertiary/aromatic N) is 3. The second-order valence-corrected chi connectivity index (χ2v) is 10.1. The van der Waals surface area contributed by atoms with Crippen LogP contribution in [-0.2, 0) is 0 Å². The van der Waals surface area contributed by atoms with Gasteiger partial charge in [0.25, 0.3) is 5.91 Å². The molecule has 0 spiro atoms. The van der Waals surface area contributed by atoms with Crippen molar-refractivity contribution in [3.63, 3.8) is 0 Å². The molecule has 3 atom stereocenters. The van der Waals surface area contributed by atoms with Crippen molar-refractivity contribution in [1.29, 1.82) is 0 Å². The third-order valence-corrected chi connectivity index (χ3v) is 6.80. The predicted molar refractivity (Wildman–Crippen MR) is 133 cm³/mol. The minimum atomic E-state index is -0.673. The van der Waals surface area contributed by atoms with Gasteiger partial charge in [-0.2, -0.15) is 0 Å². The molecule has 1 amide bonds. The lowest BCUT2D eigenvalue weighted by Gasteiger charge is -2.39. The number of carbonyl (C=O) groups excluding carboxylic acids is 1. The fraction of sp³-hybridized carbons (Fsp3) is 0.444. The van der Waals surface area contributed by atoms with E-state index in [1.165, 1.54) is 12.1 Å². The van der Waals surface area contributed by atoms with E-state index in [0.717, 1.165) is 60.0 Å². The van der Waals surface area contributed by atoms with Crippen LogP contribution in [0, 0.1) is 18.6 Å². The molecule has 1 aliphatic carbocycles. The highest BCUT2D eigenvalue weighted by atomic mass is 19.1. The molecule has 3 heterocycles. The fourth-order valence-electron chi connectivity index (χ4n) is 5.18. The molecular weight excluding hydrogens is 448 g/mol. The third-order valence-electron chi connectivity index (χ3n) is 6.80. The van der Waals surface area contributed by atoms with Crippen molar-refractivity contribution in [1.82, 2.24) is 20.6 Å². The average Bonchev–Trinajstić information content (AvgIpc) is 3.61. The van der Waals surface area contributed by atoms with Gasteiger partial charge in [0, 0.05) is 54.4 Å². The highest BCUT2D eigenvalue weighted by molar-refractivity contribution is 6.08. The Labute approximate surface area is 204 Å². The summed E-state index contributed by atoms with van der Waals surface area (Å²) < 4.78 is 27.5. The molecule has 1 saturated carbocycles. The van der Waals surface area contributed by atoms with Crippen molar-refractivity contribution in [2.75, 3.05) is 18.0 Å². The standard InChI is InChI=1S/C27H31F2N5O/c1-14-7-22-25(24(32-14)18-5-6-18)30-11-23(26(22)34-12-15(2)31-16(3)13-34)27(35)33-17(4)19-8-20(28)10-21(29)9-19/h7-11,15-18,31H,5-6,12-13H2,1-4H3,(H,33,35)/t15-,16+,17-/m0/s1. The first-order valence-corrected chi connectivity index (χ1v) is 12.3. The number of pyridine rings is 2. The Kier molecular flexibility index (Phi) is 6.17. The number of fused-ring (bicyclic) bond motifs is 1. The molecule has 2 N–H and O–H groups in total. The Hall–Kier alpha value is -3.13. The van der Waals surface area contributed by atoms with Gasteiger partial charge in [-0.1, -0.05) is 0 Å². The molecule has 2 fully saturated rings. The second-order valence-electron chi connectivity index (χ2n) is 10.1. The predicted octanol–water partition coefficient (Wildman–Crippen LogP) is 4.77. The number of halogens is 2. The summed E-state index contributed by atoms with van der Waals surface area (Å²) in [6.45, 7) is 9.45. The number of aryl methyl sites for hydroxylation is 1. The molecule has 1 aliphatic heterocycles. The lowest BCUT2D eigenvalue weighted by atomic mass is 10.0. The van der Waals surface area contributed by atoms with E-state index in [4.69, 9.17) is 9.97 Å². The van der Waals surface area contributed by atoms with E-state index < -0.39 is 17.7 Å². The van der Waals surface area contributed by atoms with Crippen molar-refractivity contribution in [2.24, 2.45) is 0 Å². The number of amides is 1. The minimum Gasteiger partial charge on any atom is -0.367 e. The van der Waals surface area contributed by atoms with Crippen LogP contribution in [0.3, 0.4) is 0 Å². The second kappa shape index (κ2) is 9.15. The van der Waals surface area contributed by atoms with E-state index in [2.05, 4.69) is 29.4 Å². The summed E-state index contributed by atoms with van der Waals surface area (Å²) >= 11 is 0. The van der Waals surface area contributed by atoms with Gasteiger partial charge >= 0.3 is 0 Å². The molecule has 0 radical (unpaired) electrons. The number of nitrogens with one attached hydrogen (secondary N) is 2. The normalized spacial score (nSPS) is 21.3. The number of carbonyl (C=O) groups is 1. The molecule has 3 aromatic rings. The monoisotopic (exact) mass is 479 g/mol. The third kappa shape index (κ3) is 4.85. The van der Waals surface area contributed by atoms with Crippen LogP contribution in [-0.4, -0.2) is 41.0 Å². The van der Waals surface area contributed by atoms with Gasteiger partial charge < -0.3 is 15.5 Å². The van der Waals surface area contributed by atoms with Crippen LogP contribution in [0.4, 0.5) is 14.5 Å². The number of piperazine rings is 1. The maximum Gasteiger partial charge on any atom is 0.255 e. The Balaban J connectivity index is 1.59. The lowest BCUT2D eigenvalue weighted by molar-refractivity contribution is 0.0939. The van der Waals surface area contributed by atoms with Crippen LogP contribution in [0.15, 0.2) is 30.5 Å². The lowest BCUT2D eigenvalue weighted by Crippen LogP contribution is -2.54. The molecule has 2 aromatic heterocycles. The zero-order chi connectivity index (χ0) is 24.9. The molecular formula is C27H31F2N5O. The number of rotatable bonds is 5. The molecule has 8 heteroatoms. The van der Waals surface area contributed by atoms with Gasteiger partial charge in [-0.3, -0.25) is 14.8 Å². The number of hydrogen-bond acceptors (Lipinski definition) is 5.